The highest BCUT2D eigenvalue weighted by atomic mass is 32.2. The van der Waals surface area contributed by atoms with Crippen LogP contribution in [0.25, 0.3) is 0 Å². The molecular formula is C13H12N2O2S. The predicted octanol–water partition coefficient (Wildman–Crippen LogP) is 3.75. The predicted molar refractivity (Wildman–Crippen MR) is 72.4 cm³/mol. The van der Waals surface area contributed by atoms with Crippen LogP contribution in [0.5, 0.6) is 0 Å². The van der Waals surface area contributed by atoms with Crippen LogP contribution in [0.2, 0.25) is 0 Å². The SMILES string of the molecule is Cc1cccc(Sc2cccc(N[N+](=O)[O-])c2)c1. The van der Waals surface area contributed by atoms with Gasteiger partial charge in [-0.1, -0.05) is 35.5 Å². The van der Waals surface area contributed by atoms with Crippen LogP contribution in [-0.4, -0.2) is 5.03 Å². The maximum atomic E-state index is 10.4. The largest absolute Gasteiger partial charge is 0.235 e. The van der Waals surface area contributed by atoms with Gasteiger partial charge in [-0.2, -0.15) is 0 Å². The number of anilines is 1. The van der Waals surface area contributed by atoms with E-state index in [1.54, 1.807) is 30.0 Å². The van der Waals surface area contributed by atoms with Crippen molar-refractivity contribution in [1.82, 2.24) is 0 Å². The van der Waals surface area contributed by atoms with E-state index in [4.69, 9.17) is 0 Å². The van der Waals surface area contributed by atoms with Crippen molar-refractivity contribution < 1.29 is 5.03 Å². The number of aryl methyl sites for hydroxylation is 1. The Hall–Kier alpha value is -2.01. The highest BCUT2D eigenvalue weighted by molar-refractivity contribution is 7.99. The molecule has 0 saturated heterocycles. The lowest BCUT2D eigenvalue weighted by Gasteiger charge is -2.04. The van der Waals surface area contributed by atoms with Gasteiger partial charge in [0, 0.05) is 9.79 Å². The Kier molecular flexibility index (Phi) is 3.84. The summed E-state index contributed by atoms with van der Waals surface area (Å²) in [5.41, 5.74) is 3.83. The van der Waals surface area contributed by atoms with Gasteiger partial charge in [0.25, 0.3) is 0 Å². The van der Waals surface area contributed by atoms with Crippen molar-refractivity contribution in [3.05, 3.63) is 64.2 Å². The average molecular weight is 260 g/mol. The first-order chi connectivity index (χ1) is 8.63. The number of hydrazine groups is 1. The number of rotatable bonds is 4. The van der Waals surface area contributed by atoms with E-state index in [2.05, 4.69) is 11.5 Å². The lowest BCUT2D eigenvalue weighted by atomic mass is 10.2. The molecule has 0 aliphatic carbocycles. The van der Waals surface area contributed by atoms with Gasteiger partial charge < -0.3 is 0 Å². The molecule has 0 fully saturated rings. The lowest BCUT2D eigenvalue weighted by molar-refractivity contribution is -0.445. The van der Waals surface area contributed by atoms with Crippen molar-refractivity contribution in [2.24, 2.45) is 0 Å². The number of nitrogens with one attached hydrogen (secondary N) is 1. The second-order valence-electron chi connectivity index (χ2n) is 3.82. The number of hydrogen-bond donors (Lipinski definition) is 1. The third-order valence-corrected chi connectivity index (χ3v) is 3.26. The number of benzene rings is 2. The molecule has 2 aromatic rings. The van der Waals surface area contributed by atoms with Crippen molar-refractivity contribution in [3.63, 3.8) is 0 Å². The molecule has 0 saturated carbocycles. The molecule has 0 aliphatic rings. The van der Waals surface area contributed by atoms with Crippen LogP contribution < -0.4 is 5.43 Å². The van der Waals surface area contributed by atoms with Crippen LogP contribution >= 0.6 is 11.8 Å². The molecule has 92 valence electrons. The molecule has 4 nitrogen and oxygen atoms in total. The molecule has 0 radical (unpaired) electrons. The molecule has 0 aromatic heterocycles. The van der Waals surface area contributed by atoms with Crippen LogP contribution in [0, 0.1) is 17.0 Å². The molecule has 2 rings (SSSR count). The molecule has 1 N–H and O–H groups in total. The topological polar surface area (TPSA) is 55.2 Å². The highest BCUT2D eigenvalue weighted by Gasteiger charge is 2.02. The maximum Gasteiger partial charge on any atom is 0.162 e. The van der Waals surface area contributed by atoms with E-state index in [1.165, 1.54) is 5.56 Å². The first kappa shape index (κ1) is 12.4. The first-order valence-electron chi connectivity index (χ1n) is 5.39. The summed E-state index contributed by atoms with van der Waals surface area (Å²) in [6.07, 6.45) is 0. The van der Waals surface area contributed by atoms with Gasteiger partial charge in [0.05, 0.1) is 0 Å². The van der Waals surface area contributed by atoms with Gasteiger partial charge in [0.15, 0.2) is 5.03 Å². The minimum absolute atomic E-state index is 0.484. The van der Waals surface area contributed by atoms with Gasteiger partial charge in [-0.3, -0.25) is 0 Å². The summed E-state index contributed by atoms with van der Waals surface area (Å²) in [5, 5.41) is 9.81. The van der Waals surface area contributed by atoms with Crippen LogP contribution in [0.4, 0.5) is 5.69 Å². The van der Waals surface area contributed by atoms with Gasteiger partial charge in [0.2, 0.25) is 0 Å². The third kappa shape index (κ3) is 3.49. The first-order valence-corrected chi connectivity index (χ1v) is 6.21. The molecule has 0 unspecified atom stereocenters. The summed E-state index contributed by atoms with van der Waals surface area (Å²) in [5.74, 6) is 0. The second kappa shape index (κ2) is 5.55. The Morgan fingerprint density at radius 1 is 1.11 bits per heavy atom. The second-order valence-corrected chi connectivity index (χ2v) is 4.96. The summed E-state index contributed by atoms with van der Waals surface area (Å²) in [4.78, 5) is 12.5. The Morgan fingerprint density at radius 3 is 2.44 bits per heavy atom. The summed E-state index contributed by atoms with van der Waals surface area (Å²) in [6.45, 7) is 2.04. The Morgan fingerprint density at radius 2 is 1.78 bits per heavy atom. The van der Waals surface area contributed by atoms with Gasteiger partial charge >= 0.3 is 0 Å². The van der Waals surface area contributed by atoms with Gasteiger partial charge in [0.1, 0.15) is 5.69 Å². The summed E-state index contributed by atoms with van der Waals surface area (Å²) < 4.78 is 0. The minimum Gasteiger partial charge on any atom is -0.235 e. The third-order valence-electron chi connectivity index (χ3n) is 2.28. The van der Waals surface area contributed by atoms with Crippen LogP contribution in [-0.2, 0) is 0 Å². The van der Waals surface area contributed by atoms with Crippen LogP contribution in [0.1, 0.15) is 5.56 Å². The summed E-state index contributed by atoms with van der Waals surface area (Å²) in [7, 11) is 0. The molecule has 0 heterocycles. The summed E-state index contributed by atoms with van der Waals surface area (Å²) >= 11 is 1.58. The molecule has 5 heteroatoms. The Labute approximate surface area is 109 Å². The number of hydrogen-bond acceptors (Lipinski definition) is 3. The zero-order valence-corrected chi connectivity index (χ0v) is 10.6. The maximum absolute atomic E-state index is 10.4. The fraction of sp³-hybridized carbons (Fsp3) is 0.0769. The number of nitro groups is 1. The zero-order chi connectivity index (χ0) is 13.0. The smallest absolute Gasteiger partial charge is 0.162 e. The van der Waals surface area contributed by atoms with Crippen molar-refractivity contribution in [2.45, 2.75) is 16.7 Å². The van der Waals surface area contributed by atoms with E-state index in [9.17, 15) is 10.1 Å². The van der Waals surface area contributed by atoms with Gasteiger partial charge in [-0.05, 0) is 37.3 Å². The normalized spacial score (nSPS) is 10.1. The molecule has 0 bridgehead atoms. The van der Waals surface area contributed by atoms with Crippen LogP contribution in [0.15, 0.2) is 58.3 Å². The minimum atomic E-state index is -0.559. The average Bonchev–Trinajstić information content (AvgIpc) is 2.28. The fourth-order valence-electron chi connectivity index (χ4n) is 1.55. The van der Waals surface area contributed by atoms with Crippen LogP contribution in [0.3, 0.4) is 0 Å². The Bertz CT molecular complexity index is 572. The molecule has 0 atom stereocenters. The molecule has 18 heavy (non-hydrogen) atoms. The van der Waals surface area contributed by atoms with Crippen molar-refractivity contribution in [2.75, 3.05) is 5.43 Å². The van der Waals surface area contributed by atoms with E-state index in [0.717, 1.165) is 9.79 Å². The zero-order valence-electron chi connectivity index (χ0n) is 9.79. The quantitative estimate of drug-likeness (QED) is 0.672. The van der Waals surface area contributed by atoms with E-state index in [1.807, 2.05) is 31.2 Å². The molecule has 2 aromatic carbocycles. The summed E-state index contributed by atoms with van der Waals surface area (Å²) in [6, 6.07) is 15.3. The molecule has 0 amide bonds. The van der Waals surface area contributed by atoms with E-state index >= 15 is 0 Å². The van der Waals surface area contributed by atoms with Crippen molar-refractivity contribution in [1.29, 1.82) is 0 Å². The van der Waals surface area contributed by atoms with E-state index < -0.39 is 5.03 Å². The van der Waals surface area contributed by atoms with E-state index in [0.29, 0.717) is 5.69 Å². The van der Waals surface area contributed by atoms with Gasteiger partial charge in [-0.25, -0.2) is 10.1 Å². The molecular weight excluding hydrogens is 248 g/mol. The number of nitrogens with zero attached hydrogens (tertiary/aromatic N) is 1. The monoisotopic (exact) mass is 260 g/mol. The van der Waals surface area contributed by atoms with E-state index in [-0.39, 0.29) is 0 Å². The fourth-order valence-corrected chi connectivity index (χ4v) is 2.55. The van der Waals surface area contributed by atoms with Crippen molar-refractivity contribution in [3.8, 4) is 0 Å². The highest BCUT2D eigenvalue weighted by Crippen LogP contribution is 2.29. The molecule has 0 aliphatic heterocycles. The lowest BCUT2D eigenvalue weighted by Crippen LogP contribution is -2.07. The van der Waals surface area contributed by atoms with Crippen molar-refractivity contribution >= 4 is 17.4 Å². The standard InChI is InChI=1S/C13H12N2O2S/c1-10-4-2-6-12(8-10)18-13-7-3-5-11(9-13)14-15(16)17/h2-9,14H,1H3. The Balaban J connectivity index is 2.16. The van der Waals surface area contributed by atoms with Gasteiger partial charge in [-0.15, -0.1) is 5.43 Å². The molecule has 0 spiro atoms.